The van der Waals surface area contributed by atoms with Crippen molar-refractivity contribution in [1.82, 2.24) is 15.1 Å². The molecule has 8 nitrogen and oxygen atoms in total. The van der Waals surface area contributed by atoms with Crippen LogP contribution in [-0.2, 0) is 21.5 Å². The number of aryl methyl sites for hydroxylation is 1. The van der Waals surface area contributed by atoms with Crippen molar-refractivity contribution in [2.45, 2.75) is 32.2 Å². The Bertz CT molecular complexity index is 1020. The van der Waals surface area contributed by atoms with Crippen LogP contribution >= 0.6 is 0 Å². The lowest BCUT2D eigenvalue weighted by molar-refractivity contribution is -0.153. The number of nitrogens with two attached hydrogens (primary N) is 1. The van der Waals surface area contributed by atoms with Gasteiger partial charge in [0.15, 0.2) is 0 Å². The van der Waals surface area contributed by atoms with Gasteiger partial charge in [-0.1, -0.05) is 30.3 Å². The molecule has 2 atom stereocenters. The lowest BCUT2D eigenvalue weighted by Gasteiger charge is -2.47. The molecular weight excluding hydrogens is 382 g/mol. The van der Waals surface area contributed by atoms with Crippen molar-refractivity contribution in [1.29, 1.82) is 5.26 Å². The zero-order chi connectivity index (χ0) is 21.3. The Labute approximate surface area is 175 Å². The number of nitrogens with zero attached hydrogens (tertiary/aromatic N) is 3. The summed E-state index contributed by atoms with van der Waals surface area (Å²) in [5.74, 6) is -0.622. The van der Waals surface area contributed by atoms with Gasteiger partial charge in [-0.2, -0.15) is 5.26 Å². The van der Waals surface area contributed by atoms with E-state index in [9.17, 15) is 10.1 Å². The van der Waals surface area contributed by atoms with Gasteiger partial charge in [-0.3, -0.25) is 14.8 Å². The van der Waals surface area contributed by atoms with E-state index in [1.165, 1.54) is 5.56 Å². The van der Waals surface area contributed by atoms with Crippen LogP contribution < -0.4 is 10.5 Å². The number of rotatable bonds is 4. The zero-order valence-electron chi connectivity index (χ0n) is 17.1. The first-order chi connectivity index (χ1) is 14.5. The average Bonchev–Trinajstić information content (AvgIpc) is 3.11. The van der Waals surface area contributed by atoms with Crippen molar-refractivity contribution in [3.8, 4) is 11.9 Å². The van der Waals surface area contributed by atoms with E-state index in [1.54, 1.807) is 6.92 Å². The third-order valence-corrected chi connectivity index (χ3v) is 6.05. The van der Waals surface area contributed by atoms with Gasteiger partial charge < -0.3 is 15.2 Å². The lowest BCUT2D eigenvalue weighted by Crippen LogP contribution is -2.55. The summed E-state index contributed by atoms with van der Waals surface area (Å²) in [4.78, 5) is 15.4. The number of carbonyl (C=O) groups excluding carboxylic acids is 1. The molecule has 156 valence electrons. The standard InChI is InChI=1S/C22H25N5O3/c1-3-29-21(28)17-13-27(12-15-7-5-4-6-8-15)10-9-22(17)16(11-23)19(24)30-20-18(22)14(2)25-26-20/h4-8,17H,3,9-10,12-13,24H2,1-2H3,(H,25,26). The Hall–Kier alpha value is -3.31. The molecule has 1 fully saturated rings. The number of hydrogen-bond donors (Lipinski definition) is 2. The number of aromatic amines is 1. The SMILES string of the molecule is CCOC(=O)C1CN(Cc2ccccc2)CCC12C(C#N)=C(N)Oc1n[nH]c(C)c12. The van der Waals surface area contributed by atoms with Crippen LogP contribution in [0.1, 0.15) is 30.2 Å². The van der Waals surface area contributed by atoms with Crippen LogP contribution in [0.2, 0.25) is 0 Å². The van der Waals surface area contributed by atoms with E-state index >= 15 is 0 Å². The minimum absolute atomic E-state index is 0.00214. The molecule has 0 aliphatic carbocycles. The van der Waals surface area contributed by atoms with Crippen molar-refractivity contribution in [2.75, 3.05) is 19.7 Å². The van der Waals surface area contributed by atoms with E-state index in [1.807, 2.05) is 25.1 Å². The largest absolute Gasteiger partial charge is 0.466 e. The molecule has 2 aliphatic rings. The maximum atomic E-state index is 13.2. The Morgan fingerprint density at radius 2 is 2.23 bits per heavy atom. The maximum absolute atomic E-state index is 13.2. The molecule has 1 spiro atoms. The molecule has 0 bridgehead atoms. The first kappa shape index (κ1) is 20.0. The molecule has 30 heavy (non-hydrogen) atoms. The summed E-state index contributed by atoms with van der Waals surface area (Å²) in [6.07, 6.45) is 0.531. The molecule has 3 N–H and O–H groups in total. The highest BCUT2D eigenvalue weighted by molar-refractivity contribution is 5.78. The van der Waals surface area contributed by atoms with Gasteiger partial charge in [0.1, 0.15) is 11.6 Å². The molecule has 2 unspecified atom stereocenters. The smallest absolute Gasteiger partial charge is 0.311 e. The zero-order valence-corrected chi connectivity index (χ0v) is 17.1. The maximum Gasteiger partial charge on any atom is 0.311 e. The first-order valence-corrected chi connectivity index (χ1v) is 10.1. The summed E-state index contributed by atoms with van der Waals surface area (Å²) in [5.41, 5.74) is 8.13. The van der Waals surface area contributed by atoms with Crippen molar-refractivity contribution < 1.29 is 14.3 Å². The van der Waals surface area contributed by atoms with Crippen LogP contribution in [-0.4, -0.2) is 40.8 Å². The average molecular weight is 407 g/mol. The summed E-state index contributed by atoms with van der Waals surface area (Å²) in [6.45, 7) is 5.75. The third-order valence-electron chi connectivity index (χ3n) is 6.05. The molecule has 0 radical (unpaired) electrons. The van der Waals surface area contributed by atoms with Crippen LogP contribution in [0.25, 0.3) is 0 Å². The summed E-state index contributed by atoms with van der Waals surface area (Å²) in [6, 6.07) is 12.3. The van der Waals surface area contributed by atoms with E-state index in [2.05, 4.69) is 33.3 Å². The fourth-order valence-corrected chi connectivity index (χ4v) is 4.78. The highest BCUT2D eigenvalue weighted by Gasteiger charge is 2.57. The second-order valence-corrected chi connectivity index (χ2v) is 7.73. The monoisotopic (exact) mass is 407 g/mol. The first-order valence-electron chi connectivity index (χ1n) is 10.1. The van der Waals surface area contributed by atoms with E-state index in [0.29, 0.717) is 31.9 Å². The van der Waals surface area contributed by atoms with Gasteiger partial charge in [-0.05, 0) is 32.4 Å². The second-order valence-electron chi connectivity index (χ2n) is 7.73. The molecule has 3 heterocycles. The van der Waals surface area contributed by atoms with Gasteiger partial charge in [0, 0.05) is 24.3 Å². The number of allylic oxidation sites excluding steroid dienone is 1. The molecule has 0 saturated carbocycles. The topological polar surface area (TPSA) is 117 Å². The molecule has 1 saturated heterocycles. The van der Waals surface area contributed by atoms with E-state index in [4.69, 9.17) is 15.2 Å². The van der Waals surface area contributed by atoms with E-state index < -0.39 is 11.3 Å². The van der Waals surface area contributed by atoms with Crippen molar-refractivity contribution in [3.63, 3.8) is 0 Å². The number of nitrogens with one attached hydrogen (secondary N) is 1. The highest BCUT2D eigenvalue weighted by atomic mass is 16.5. The minimum Gasteiger partial charge on any atom is -0.466 e. The Morgan fingerprint density at radius 3 is 2.93 bits per heavy atom. The fourth-order valence-electron chi connectivity index (χ4n) is 4.78. The molecule has 2 aliphatic heterocycles. The molecule has 1 aromatic carbocycles. The second kappa shape index (κ2) is 7.84. The Kier molecular flexibility index (Phi) is 5.22. The normalized spacial score (nSPS) is 23.6. The predicted molar refractivity (Wildman–Crippen MR) is 109 cm³/mol. The van der Waals surface area contributed by atoms with Crippen LogP contribution in [0.5, 0.6) is 5.88 Å². The summed E-state index contributed by atoms with van der Waals surface area (Å²) < 4.78 is 11.1. The third kappa shape index (κ3) is 3.12. The number of nitriles is 1. The van der Waals surface area contributed by atoms with Crippen LogP contribution in [0.15, 0.2) is 41.8 Å². The van der Waals surface area contributed by atoms with Gasteiger partial charge in [-0.15, -0.1) is 5.10 Å². The number of benzene rings is 1. The number of fused-ring (bicyclic) bond motifs is 2. The van der Waals surface area contributed by atoms with Gasteiger partial charge >= 0.3 is 5.97 Å². The van der Waals surface area contributed by atoms with E-state index in [0.717, 1.165) is 11.3 Å². The Morgan fingerprint density at radius 1 is 1.47 bits per heavy atom. The molecule has 1 aromatic heterocycles. The number of esters is 1. The number of aromatic nitrogens is 2. The van der Waals surface area contributed by atoms with E-state index in [-0.39, 0.29) is 24.0 Å². The fraction of sp³-hybridized carbons (Fsp3) is 0.409. The van der Waals surface area contributed by atoms with Gasteiger partial charge in [0.2, 0.25) is 11.8 Å². The molecule has 4 rings (SSSR count). The number of hydrogen-bond acceptors (Lipinski definition) is 7. The van der Waals surface area contributed by atoms with Crippen molar-refractivity contribution in [2.24, 2.45) is 11.7 Å². The van der Waals surface area contributed by atoms with Gasteiger partial charge in [0.25, 0.3) is 0 Å². The quantitative estimate of drug-likeness (QED) is 0.746. The number of H-pyrrole nitrogens is 1. The summed E-state index contributed by atoms with van der Waals surface area (Å²) in [5, 5.41) is 17.1. The predicted octanol–water partition coefficient (Wildman–Crippen LogP) is 2.13. The highest BCUT2D eigenvalue weighted by Crippen LogP contribution is 2.52. The number of likely N-dealkylation sites (tertiary alicyclic amines) is 1. The van der Waals surface area contributed by atoms with Gasteiger partial charge in [-0.25, -0.2) is 0 Å². The number of piperidine rings is 1. The van der Waals surface area contributed by atoms with Gasteiger partial charge in [0.05, 0.1) is 17.9 Å². The lowest BCUT2D eigenvalue weighted by atomic mass is 9.61. The number of carbonyl (C=O) groups is 1. The summed E-state index contributed by atoms with van der Waals surface area (Å²) in [7, 11) is 0. The molecule has 8 heteroatoms. The van der Waals surface area contributed by atoms with Crippen molar-refractivity contribution in [3.05, 3.63) is 58.6 Å². The number of ether oxygens (including phenoxy) is 2. The van der Waals surface area contributed by atoms with Crippen LogP contribution in [0.3, 0.4) is 0 Å². The Balaban J connectivity index is 1.79. The van der Waals surface area contributed by atoms with Crippen LogP contribution in [0, 0.1) is 24.2 Å². The molecular formula is C22H25N5O3. The van der Waals surface area contributed by atoms with Crippen LogP contribution in [0.4, 0.5) is 0 Å². The van der Waals surface area contributed by atoms with Crippen molar-refractivity contribution >= 4 is 5.97 Å². The molecule has 2 aromatic rings. The summed E-state index contributed by atoms with van der Waals surface area (Å²) >= 11 is 0. The minimum atomic E-state index is -0.928. The molecule has 0 amide bonds.